The van der Waals surface area contributed by atoms with Gasteiger partial charge in [-0.25, -0.2) is 0 Å². The molecule has 0 aromatic heterocycles. The molecule has 0 atom stereocenters. The highest BCUT2D eigenvalue weighted by Gasteiger charge is 2.37. The summed E-state index contributed by atoms with van der Waals surface area (Å²) in [6.45, 7) is 4.81. The summed E-state index contributed by atoms with van der Waals surface area (Å²) in [7, 11) is 0. The Morgan fingerprint density at radius 2 is 0.983 bits per heavy atom. The van der Waals surface area contributed by atoms with Crippen molar-refractivity contribution in [3.63, 3.8) is 0 Å². The van der Waals surface area contributed by atoms with E-state index in [1.54, 1.807) is 0 Å². The molecule has 0 spiro atoms. The predicted octanol–water partition coefficient (Wildman–Crippen LogP) is 15.5. The summed E-state index contributed by atoms with van der Waals surface area (Å²) in [4.78, 5) is 2.55. The smallest absolute Gasteiger partial charge is 0.0500 e. The summed E-state index contributed by atoms with van der Waals surface area (Å²) in [5, 5.41) is 10.2. The molecular formula is C57H41N. The number of benzene rings is 10. The molecule has 58 heavy (non-hydrogen) atoms. The number of anilines is 3. The molecule has 1 aliphatic carbocycles. The zero-order valence-corrected chi connectivity index (χ0v) is 32.8. The third-order valence-corrected chi connectivity index (χ3v) is 13.3. The lowest BCUT2D eigenvalue weighted by Gasteiger charge is -2.29. The summed E-state index contributed by atoms with van der Waals surface area (Å²) in [5.74, 6) is 0. The third-order valence-electron chi connectivity index (χ3n) is 13.3. The molecule has 0 bridgehead atoms. The first kappa shape index (κ1) is 33.2. The van der Waals surface area contributed by atoms with Gasteiger partial charge < -0.3 is 4.90 Å². The highest BCUT2D eigenvalue weighted by molar-refractivity contribution is 6.25. The van der Waals surface area contributed by atoms with Crippen LogP contribution < -0.4 is 4.90 Å². The van der Waals surface area contributed by atoms with E-state index in [0.29, 0.717) is 0 Å². The van der Waals surface area contributed by atoms with Gasteiger partial charge in [-0.3, -0.25) is 0 Å². The van der Waals surface area contributed by atoms with Gasteiger partial charge in [-0.05, 0) is 148 Å². The molecule has 0 fully saturated rings. The molecule has 0 saturated carbocycles. The maximum absolute atomic E-state index is 2.55. The van der Waals surface area contributed by atoms with E-state index in [4.69, 9.17) is 0 Å². The molecule has 274 valence electrons. The Balaban J connectivity index is 1.23. The van der Waals surface area contributed by atoms with E-state index < -0.39 is 0 Å². The second-order valence-electron chi connectivity index (χ2n) is 16.7. The summed E-state index contributed by atoms with van der Waals surface area (Å²) >= 11 is 0. The van der Waals surface area contributed by atoms with Crippen molar-refractivity contribution < 1.29 is 0 Å². The third kappa shape index (κ3) is 4.77. The van der Waals surface area contributed by atoms with Gasteiger partial charge >= 0.3 is 0 Å². The standard InChI is InChI=1S/C57H41N/c1-57(2)50-26-14-13-25-47(50)56-43-22-10-9-21-42(43)49(35-51(56)57)55-45-24-12-11-23-44(45)54(37-17-4-3-5-18-37)46-31-30-41(34-48(46)55)58-52-27-15-8-16-36(52)28-29-40-32-38-19-6-7-20-39(38)33-53(40)58/h3-27,30-35H,28-29H2,1-2H3. The zero-order chi connectivity index (χ0) is 38.5. The van der Waals surface area contributed by atoms with Crippen LogP contribution in [-0.4, -0.2) is 0 Å². The van der Waals surface area contributed by atoms with E-state index in [1.165, 1.54) is 116 Å². The van der Waals surface area contributed by atoms with Gasteiger partial charge in [-0.15, -0.1) is 0 Å². The minimum absolute atomic E-state index is 0.145. The van der Waals surface area contributed by atoms with Crippen LogP contribution in [0.5, 0.6) is 0 Å². The van der Waals surface area contributed by atoms with Gasteiger partial charge in [0, 0.05) is 22.5 Å². The summed E-state index contributed by atoms with van der Waals surface area (Å²) in [6.07, 6.45) is 1.99. The van der Waals surface area contributed by atoms with Gasteiger partial charge in [0.2, 0.25) is 0 Å². The van der Waals surface area contributed by atoms with Gasteiger partial charge in [-0.2, -0.15) is 0 Å². The van der Waals surface area contributed by atoms with Crippen LogP contribution >= 0.6 is 0 Å². The Kier molecular flexibility index (Phi) is 7.17. The van der Waals surface area contributed by atoms with Crippen molar-refractivity contribution in [3.8, 4) is 33.4 Å². The lowest BCUT2D eigenvalue weighted by atomic mass is 9.79. The Morgan fingerprint density at radius 3 is 1.79 bits per heavy atom. The molecule has 1 aliphatic heterocycles. The number of aryl methyl sites for hydroxylation is 2. The van der Waals surface area contributed by atoms with Gasteiger partial charge in [0.05, 0.1) is 0 Å². The summed E-state index contributed by atoms with van der Waals surface area (Å²) < 4.78 is 0. The zero-order valence-electron chi connectivity index (χ0n) is 32.8. The molecule has 1 heteroatoms. The number of rotatable bonds is 3. The topological polar surface area (TPSA) is 3.24 Å². The Bertz CT molecular complexity index is 3310. The van der Waals surface area contributed by atoms with Gasteiger partial charge in [0.15, 0.2) is 0 Å². The lowest BCUT2D eigenvalue weighted by Crippen LogP contribution is -2.15. The number of para-hydroxylation sites is 1. The molecule has 10 aromatic rings. The second-order valence-corrected chi connectivity index (χ2v) is 16.7. The van der Waals surface area contributed by atoms with E-state index in [0.717, 1.165) is 12.8 Å². The van der Waals surface area contributed by atoms with E-state index in [-0.39, 0.29) is 5.41 Å². The minimum atomic E-state index is -0.145. The molecular weight excluding hydrogens is 699 g/mol. The maximum atomic E-state index is 2.55. The average Bonchev–Trinajstić information content (AvgIpc) is 3.39. The molecule has 10 aromatic carbocycles. The fourth-order valence-electron chi connectivity index (χ4n) is 10.6. The summed E-state index contributed by atoms with van der Waals surface area (Å²) in [5.41, 5.74) is 16.9. The van der Waals surface area contributed by atoms with Crippen LogP contribution in [0.1, 0.15) is 36.1 Å². The largest absolute Gasteiger partial charge is 0.310 e. The Labute approximate surface area is 339 Å². The molecule has 12 rings (SSSR count). The van der Waals surface area contributed by atoms with Gasteiger partial charge in [-0.1, -0.05) is 166 Å². The van der Waals surface area contributed by atoms with Crippen molar-refractivity contribution in [3.05, 3.63) is 210 Å². The highest BCUT2D eigenvalue weighted by atomic mass is 15.1. The number of hydrogen-bond acceptors (Lipinski definition) is 1. The van der Waals surface area contributed by atoms with E-state index in [1.807, 2.05) is 0 Å². The van der Waals surface area contributed by atoms with Gasteiger partial charge in [0.25, 0.3) is 0 Å². The first-order valence-electron chi connectivity index (χ1n) is 20.6. The first-order chi connectivity index (χ1) is 28.5. The van der Waals surface area contributed by atoms with Crippen molar-refractivity contribution in [2.75, 3.05) is 4.90 Å². The molecule has 1 nitrogen and oxygen atoms in total. The summed E-state index contributed by atoms with van der Waals surface area (Å²) in [6, 6.07) is 70.8. The van der Waals surface area contributed by atoms with Crippen LogP contribution in [0.25, 0.3) is 76.5 Å². The highest BCUT2D eigenvalue weighted by Crippen LogP contribution is 2.55. The average molecular weight is 740 g/mol. The van der Waals surface area contributed by atoms with Crippen LogP contribution in [0.3, 0.4) is 0 Å². The number of nitrogens with zero attached hydrogens (tertiary/aromatic N) is 1. The van der Waals surface area contributed by atoms with Crippen molar-refractivity contribution in [1.29, 1.82) is 0 Å². The molecule has 0 N–H and O–H groups in total. The van der Waals surface area contributed by atoms with Gasteiger partial charge in [0.1, 0.15) is 0 Å². The number of fused-ring (bicyclic) bond motifs is 10. The van der Waals surface area contributed by atoms with Crippen molar-refractivity contribution in [2.24, 2.45) is 0 Å². The fourth-order valence-corrected chi connectivity index (χ4v) is 10.6. The minimum Gasteiger partial charge on any atom is -0.310 e. The quantitative estimate of drug-likeness (QED) is 0.163. The van der Waals surface area contributed by atoms with Crippen molar-refractivity contribution in [2.45, 2.75) is 32.1 Å². The molecule has 0 amide bonds. The molecule has 0 radical (unpaired) electrons. The molecule has 2 aliphatic rings. The maximum Gasteiger partial charge on any atom is 0.0500 e. The van der Waals surface area contributed by atoms with Crippen LogP contribution in [-0.2, 0) is 18.3 Å². The molecule has 0 unspecified atom stereocenters. The predicted molar refractivity (Wildman–Crippen MR) is 247 cm³/mol. The van der Waals surface area contributed by atoms with Crippen LogP contribution in [0, 0.1) is 0 Å². The Hall–Kier alpha value is -6.96. The first-order valence-corrected chi connectivity index (χ1v) is 20.6. The van der Waals surface area contributed by atoms with Crippen molar-refractivity contribution in [1.82, 2.24) is 0 Å². The lowest BCUT2D eigenvalue weighted by molar-refractivity contribution is 0.661. The van der Waals surface area contributed by atoms with E-state index in [2.05, 4.69) is 207 Å². The van der Waals surface area contributed by atoms with E-state index in [9.17, 15) is 0 Å². The monoisotopic (exact) mass is 739 g/mol. The normalized spacial score (nSPS) is 14.0. The van der Waals surface area contributed by atoms with Crippen LogP contribution in [0.15, 0.2) is 188 Å². The molecule has 0 saturated heterocycles. The van der Waals surface area contributed by atoms with E-state index >= 15 is 0 Å². The Morgan fingerprint density at radius 1 is 0.379 bits per heavy atom. The van der Waals surface area contributed by atoms with Crippen LogP contribution in [0.2, 0.25) is 0 Å². The SMILES string of the molecule is CC1(C)c2ccccc2-c2c1cc(-c1c3ccccc3c(-c3ccccc3)c3ccc(N4c5ccccc5CCc5cc6ccccc6cc54)cc13)c1ccccc21. The van der Waals surface area contributed by atoms with Crippen molar-refractivity contribution >= 4 is 60.2 Å². The second kappa shape index (κ2) is 12.5. The number of hydrogen-bond donors (Lipinski definition) is 0. The van der Waals surface area contributed by atoms with Crippen LogP contribution in [0.4, 0.5) is 17.1 Å². The fraction of sp³-hybridized carbons (Fsp3) is 0.0877. The molecule has 1 heterocycles.